The molecule has 122 valence electrons. The van der Waals surface area contributed by atoms with E-state index >= 15 is 0 Å². The van der Waals surface area contributed by atoms with Gasteiger partial charge in [-0.25, -0.2) is 8.42 Å². The molecular weight excluding hydrogens is 347 g/mol. The Morgan fingerprint density at radius 2 is 1.86 bits per heavy atom. The van der Waals surface area contributed by atoms with Crippen LogP contribution in [0.5, 0.6) is 0 Å². The van der Waals surface area contributed by atoms with Gasteiger partial charge in [0.05, 0.1) is 16.9 Å². The van der Waals surface area contributed by atoms with Gasteiger partial charge in [-0.15, -0.1) is 0 Å². The van der Waals surface area contributed by atoms with E-state index in [-0.39, 0.29) is 9.92 Å². The van der Waals surface area contributed by atoms with Gasteiger partial charge in [0.15, 0.2) is 0 Å². The van der Waals surface area contributed by atoms with Crippen molar-refractivity contribution in [1.82, 2.24) is 4.31 Å². The number of hydrogen-bond donors (Lipinski definition) is 1. The highest BCUT2D eigenvalue weighted by Gasteiger charge is 2.55. The first-order valence-corrected chi connectivity index (χ1v) is 7.91. The van der Waals surface area contributed by atoms with Crippen molar-refractivity contribution in [2.24, 2.45) is 11.8 Å². The molecule has 0 bridgehead atoms. The summed E-state index contributed by atoms with van der Waals surface area (Å²) in [5, 5.41) is 8.77. The number of carbonyl (C=O) groups is 1. The summed E-state index contributed by atoms with van der Waals surface area (Å²) in [5.41, 5.74) is 0. The van der Waals surface area contributed by atoms with Crippen molar-refractivity contribution in [3.63, 3.8) is 0 Å². The highest BCUT2D eigenvalue weighted by atomic mass is 35.5. The molecule has 0 unspecified atom stereocenters. The van der Waals surface area contributed by atoms with Crippen LogP contribution in [-0.2, 0) is 14.8 Å². The van der Waals surface area contributed by atoms with Crippen LogP contribution < -0.4 is 0 Å². The summed E-state index contributed by atoms with van der Waals surface area (Å²) < 4.78 is 64.0. The predicted molar refractivity (Wildman–Crippen MR) is 70.9 cm³/mol. The number of hydrogen-bond acceptors (Lipinski definition) is 3. The minimum Gasteiger partial charge on any atom is -0.481 e. The van der Waals surface area contributed by atoms with Gasteiger partial charge in [0, 0.05) is 13.1 Å². The van der Waals surface area contributed by atoms with E-state index in [1.807, 2.05) is 0 Å². The lowest BCUT2D eigenvalue weighted by Crippen LogP contribution is -2.34. The van der Waals surface area contributed by atoms with E-state index in [1.165, 1.54) is 18.2 Å². The molecule has 0 radical (unpaired) electrons. The number of alkyl halides is 3. The lowest BCUT2D eigenvalue weighted by atomic mass is 9.96. The third-order valence-corrected chi connectivity index (χ3v) is 5.81. The molecular formula is C12H11ClF3NO4S. The number of halogens is 4. The smallest absolute Gasteiger partial charge is 0.393 e. The average molecular weight is 358 g/mol. The molecule has 1 saturated heterocycles. The maximum absolute atomic E-state index is 12.9. The molecule has 5 nitrogen and oxygen atoms in total. The number of carboxylic acid groups (broad SMARTS) is 1. The molecule has 0 amide bonds. The van der Waals surface area contributed by atoms with Crippen LogP contribution in [0, 0.1) is 11.8 Å². The van der Waals surface area contributed by atoms with Crippen LogP contribution in [-0.4, -0.2) is 43.1 Å². The fourth-order valence-electron chi connectivity index (χ4n) is 2.34. The van der Waals surface area contributed by atoms with Crippen LogP contribution in [0.3, 0.4) is 0 Å². The van der Waals surface area contributed by atoms with Crippen LogP contribution in [0.1, 0.15) is 0 Å². The van der Waals surface area contributed by atoms with Gasteiger partial charge in [-0.2, -0.15) is 17.5 Å². The zero-order valence-electron chi connectivity index (χ0n) is 10.9. The Labute approximate surface area is 129 Å². The molecule has 0 aromatic heterocycles. The second-order valence-corrected chi connectivity index (χ2v) is 7.16. The zero-order valence-corrected chi connectivity index (χ0v) is 12.5. The quantitative estimate of drug-likeness (QED) is 0.900. The number of carboxylic acids is 1. The van der Waals surface area contributed by atoms with Crippen LogP contribution in [0.2, 0.25) is 5.02 Å². The van der Waals surface area contributed by atoms with Crippen molar-refractivity contribution in [3.05, 3.63) is 29.3 Å². The first-order chi connectivity index (χ1) is 10.0. The second-order valence-electron chi connectivity index (χ2n) is 4.85. The monoisotopic (exact) mass is 357 g/mol. The summed E-state index contributed by atoms with van der Waals surface area (Å²) in [6.45, 7) is -1.68. The van der Waals surface area contributed by atoms with E-state index in [9.17, 15) is 26.4 Å². The van der Waals surface area contributed by atoms with Gasteiger partial charge in [0.1, 0.15) is 4.90 Å². The van der Waals surface area contributed by atoms with Crippen LogP contribution in [0.25, 0.3) is 0 Å². The summed E-state index contributed by atoms with van der Waals surface area (Å²) in [6, 6.07) is 5.31. The molecule has 0 aliphatic carbocycles. The van der Waals surface area contributed by atoms with Gasteiger partial charge in [-0.1, -0.05) is 23.7 Å². The average Bonchev–Trinajstić information content (AvgIpc) is 2.84. The zero-order chi connectivity index (χ0) is 16.7. The number of benzene rings is 1. The molecule has 1 aromatic rings. The molecule has 0 saturated carbocycles. The minimum atomic E-state index is -4.80. The maximum Gasteiger partial charge on any atom is 0.393 e. The van der Waals surface area contributed by atoms with E-state index < -0.39 is 47.1 Å². The van der Waals surface area contributed by atoms with E-state index in [0.717, 1.165) is 6.07 Å². The molecule has 10 heteroatoms. The molecule has 2 atom stereocenters. The van der Waals surface area contributed by atoms with Crippen molar-refractivity contribution >= 4 is 27.6 Å². The normalized spacial score (nSPS) is 23.6. The molecule has 1 N–H and O–H groups in total. The number of sulfonamides is 1. The predicted octanol–water partition coefficient (Wildman–Crippen LogP) is 2.22. The summed E-state index contributed by atoms with van der Waals surface area (Å²) in [5.74, 6) is -5.77. The van der Waals surface area contributed by atoms with Gasteiger partial charge in [0.2, 0.25) is 10.0 Å². The highest BCUT2D eigenvalue weighted by molar-refractivity contribution is 7.89. The Morgan fingerprint density at radius 1 is 1.27 bits per heavy atom. The van der Waals surface area contributed by atoms with E-state index in [4.69, 9.17) is 16.7 Å². The summed E-state index contributed by atoms with van der Waals surface area (Å²) in [7, 11) is -4.29. The molecule has 2 rings (SSSR count). The van der Waals surface area contributed by atoms with Crippen molar-refractivity contribution in [1.29, 1.82) is 0 Å². The summed E-state index contributed by atoms with van der Waals surface area (Å²) >= 11 is 5.77. The lowest BCUT2D eigenvalue weighted by molar-refractivity contribution is -0.187. The topological polar surface area (TPSA) is 74.7 Å². The maximum atomic E-state index is 12.9. The molecule has 22 heavy (non-hydrogen) atoms. The van der Waals surface area contributed by atoms with E-state index in [2.05, 4.69) is 0 Å². The van der Waals surface area contributed by atoms with Crippen molar-refractivity contribution in [2.45, 2.75) is 11.1 Å². The third kappa shape index (κ3) is 3.06. The number of aliphatic carboxylic acids is 1. The van der Waals surface area contributed by atoms with Gasteiger partial charge in [-0.05, 0) is 12.1 Å². The third-order valence-electron chi connectivity index (χ3n) is 3.48. The Hall–Kier alpha value is -1.32. The largest absolute Gasteiger partial charge is 0.481 e. The fraction of sp³-hybridized carbons (Fsp3) is 0.417. The fourth-order valence-corrected chi connectivity index (χ4v) is 4.32. The lowest BCUT2D eigenvalue weighted by Gasteiger charge is -2.18. The number of nitrogens with zero attached hydrogens (tertiary/aromatic N) is 1. The summed E-state index contributed by atoms with van der Waals surface area (Å²) in [6.07, 6.45) is -4.80. The highest BCUT2D eigenvalue weighted by Crippen LogP contribution is 2.40. The Kier molecular flexibility index (Phi) is 4.42. The molecule has 1 aliphatic heterocycles. The van der Waals surface area contributed by atoms with Crippen molar-refractivity contribution in [3.8, 4) is 0 Å². The molecule has 1 aromatic carbocycles. The SMILES string of the molecule is O=C(O)[C@@H]1CN(S(=O)(=O)c2ccccc2Cl)C[C@H]1C(F)(F)F. The van der Waals surface area contributed by atoms with Crippen LogP contribution in [0.15, 0.2) is 29.2 Å². The van der Waals surface area contributed by atoms with E-state index in [0.29, 0.717) is 4.31 Å². The molecule has 1 aliphatic rings. The number of rotatable bonds is 3. The van der Waals surface area contributed by atoms with E-state index in [1.54, 1.807) is 0 Å². The molecule has 0 spiro atoms. The molecule has 1 fully saturated rings. The van der Waals surface area contributed by atoms with Crippen LogP contribution >= 0.6 is 11.6 Å². The first kappa shape index (κ1) is 17.0. The van der Waals surface area contributed by atoms with Gasteiger partial charge >= 0.3 is 12.1 Å². The van der Waals surface area contributed by atoms with Crippen molar-refractivity contribution < 1.29 is 31.5 Å². The van der Waals surface area contributed by atoms with Gasteiger partial charge in [0.25, 0.3) is 0 Å². The van der Waals surface area contributed by atoms with Crippen LogP contribution in [0.4, 0.5) is 13.2 Å². The summed E-state index contributed by atoms with van der Waals surface area (Å²) in [4.78, 5) is 10.6. The van der Waals surface area contributed by atoms with Gasteiger partial charge in [-0.3, -0.25) is 4.79 Å². The first-order valence-electron chi connectivity index (χ1n) is 6.09. The Morgan fingerprint density at radius 3 is 2.32 bits per heavy atom. The minimum absolute atomic E-state index is 0.134. The Bertz CT molecular complexity index is 692. The molecule has 1 heterocycles. The van der Waals surface area contributed by atoms with Gasteiger partial charge < -0.3 is 5.11 Å². The Balaban J connectivity index is 2.39. The van der Waals surface area contributed by atoms with Crippen molar-refractivity contribution in [2.75, 3.05) is 13.1 Å². The standard InChI is InChI=1S/C12H11ClF3NO4S/c13-9-3-1-2-4-10(9)22(20,21)17-5-7(11(18)19)8(6-17)12(14,15)16/h1-4,7-8H,5-6H2,(H,18,19)/t7-,8-/m1/s1. The second kappa shape index (κ2) is 5.71.